The Kier molecular flexibility index (Phi) is 3.11. The Bertz CT molecular complexity index is 691. The first-order valence-corrected chi connectivity index (χ1v) is 7.53. The van der Waals surface area contributed by atoms with E-state index in [4.69, 9.17) is 5.11 Å². The average molecular weight is 322 g/mol. The van der Waals surface area contributed by atoms with Crippen LogP contribution in [0, 0.1) is 5.82 Å². The Balaban J connectivity index is 2.06. The van der Waals surface area contributed by atoms with Crippen molar-refractivity contribution < 1.29 is 14.3 Å². The Labute approximate surface area is 115 Å². The van der Waals surface area contributed by atoms with Crippen molar-refractivity contribution in [3.05, 3.63) is 50.6 Å². The van der Waals surface area contributed by atoms with E-state index in [1.165, 1.54) is 12.1 Å². The van der Waals surface area contributed by atoms with E-state index in [9.17, 15) is 9.18 Å². The second-order valence-electron chi connectivity index (χ2n) is 4.22. The van der Waals surface area contributed by atoms with Gasteiger partial charge in [-0.3, -0.25) is 0 Å². The number of nitrogens with one attached hydrogen (secondary N) is 1. The topological polar surface area (TPSA) is 49.3 Å². The molecule has 3 nitrogen and oxygen atoms in total. The summed E-state index contributed by atoms with van der Waals surface area (Å²) in [5.74, 6) is -0.573. The molecular weight excluding hydrogens is 312 g/mol. The maximum atomic E-state index is 13.3. The zero-order chi connectivity index (χ0) is 13.4. The van der Waals surface area contributed by atoms with E-state index >= 15 is 0 Å². The summed E-state index contributed by atoms with van der Waals surface area (Å²) in [5.41, 5.74) is 2.58. The van der Waals surface area contributed by atoms with Gasteiger partial charge in [-0.2, -0.15) is 0 Å². The summed E-state index contributed by atoms with van der Waals surface area (Å²) in [6.45, 7) is 0.00579. The molecule has 1 aromatic carbocycles. The van der Waals surface area contributed by atoms with Gasteiger partial charge in [0.25, 0.3) is 0 Å². The Hall–Kier alpha value is -1.68. The molecule has 0 fully saturated rings. The van der Waals surface area contributed by atoms with E-state index < -0.39 is 0 Å². The molecule has 0 spiro atoms. The maximum absolute atomic E-state index is 13.3. The van der Waals surface area contributed by atoms with Gasteiger partial charge in [0.05, 0.1) is 0 Å². The monoisotopic (exact) mass is 323 g/mol. The molecule has 0 saturated heterocycles. The van der Waals surface area contributed by atoms with E-state index in [2.05, 4.69) is 5.32 Å². The summed E-state index contributed by atoms with van der Waals surface area (Å²) < 4.78 is 14.3. The third kappa shape index (κ3) is 2.28. The Morgan fingerprint density at radius 2 is 2.21 bits per heavy atom. The second kappa shape index (κ2) is 4.78. The second-order valence-corrected chi connectivity index (χ2v) is 6.20. The number of rotatable bonds is 2. The van der Waals surface area contributed by atoms with E-state index in [1.807, 2.05) is 11.0 Å². The van der Waals surface area contributed by atoms with Gasteiger partial charge < -0.3 is 0 Å². The van der Waals surface area contributed by atoms with Crippen LogP contribution in [0.1, 0.15) is 15.6 Å². The molecule has 5 heteroatoms. The number of halogens is 1. The van der Waals surface area contributed by atoms with Crippen molar-refractivity contribution in [1.82, 2.24) is 0 Å². The molecular formula is C14H10FNO2Se. The fourth-order valence-electron chi connectivity index (χ4n) is 2.00. The standard InChI is InChI=1S/C14H10FNO2Se/c15-9-1-2-13-11(4-9)12(14(18)16-13)5-10-3-8(6-17)7-19-10/h1-5,7,17H,6H2,(H,16,18). The van der Waals surface area contributed by atoms with Gasteiger partial charge in [0.1, 0.15) is 0 Å². The zero-order valence-corrected chi connectivity index (χ0v) is 11.5. The van der Waals surface area contributed by atoms with Crippen molar-refractivity contribution in [2.75, 3.05) is 5.32 Å². The molecule has 3 rings (SSSR count). The summed E-state index contributed by atoms with van der Waals surface area (Å²) in [6.07, 6.45) is 1.78. The molecule has 0 saturated carbocycles. The van der Waals surface area contributed by atoms with Gasteiger partial charge >= 0.3 is 115 Å². The third-order valence-corrected chi connectivity index (χ3v) is 4.86. The Morgan fingerprint density at radius 3 is 2.95 bits per heavy atom. The fourth-order valence-corrected chi connectivity index (χ4v) is 3.75. The zero-order valence-electron chi connectivity index (χ0n) is 9.81. The predicted molar refractivity (Wildman–Crippen MR) is 72.2 cm³/mol. The summed E-state index contributed by atoms with van der Waals surface area (Å²) in [6, 6.07) is 6.13. The molecule has 19 heavy (non-hydrogen) atoms. The van der Waals surface area contributed by atoms with Crippen molar-refractivity contribution in [1.29, 1.82) is 0 Å². The van der Waals surface area contributed by atoms with E-state index in [1.54, 1.807) is 12.1 Å². The van der Waals surface area contributed by atoms with E-state index in [0.717, 1.165) is 10.0 Å². The minimum atomic E-state index is -0.360. The van der Waals surface area contributed by atoms with E-state index in [0.29, 0.717) is 16.8 Å². The molecule has 0 bridgehead atoms. The summed E-state index contributed by atoms with van der Waals surface area (Å²) in [4.78, 5) is 13.9. The first-order valence-electron chi connectivity index (χ1n) is 5.68. The van der Waals surface area contributed by atoms with Crippen molar-refractivity contribution in [2.24, 2.45) is 0 Å². The summed E-state index contributed by atoms with van der Waals surface area (Å²) in [5, 5.41) is 11.8. The van der Waals surface area contributed by atoms with Crippen molar-refractivity contribution in [2.45, 2.75) is 6.61 Å². The van der Waals surface area contributed by atoms with Crippen LogP contribution in [0.15, 0.2) is 29.2 Å². The number of benzene rings is 1. The van der Waals surface area contributed by atoms with Gasteiger partial charge in [-0.05, 0) is 0 Å². The molecule has 1 aliphatic heterocycles. The van der Waals surface area contributed by atoms with Crippen LogP contribution in [-0.2, 0) is 11.4 Å². The number of carbonyl (C=O) groups excluding carboxylic acids is 1. The summed E-state index contributed by atoms with van der Waals surface area (Å²) in [7, 11) is 0. The van der Waals surface area contributed by atoms with Crippen LogP contribution < -0.4 is 5.32 Å². The number of fused-ring (bicyclic) bond motifs is 1. The van der Waals surface area contributed by atoms with Crippen LogP contribution >= 0.6 is 0 Å². The molecule has 2 heterocycles. The quantitative estimate of drug-likeness (QED) is 0.655. The number of amides is 1. The van der Waals surface area contributed by atoms with Crippen LogP contribution in [0.3, 0.4) is 0 Å². The number of anilines is 1. The minimum absolute atomic E-state index is 0.00579. The van der Waals surface area contributed by atoms with Crippen LogP contribution in [0.25, 0.3) is 11.6 Å². The number of hydrogen-bond acceptors (Lipinski definition) is 2. The van der Waals surface area contributed by atoms with Crippen LogP contribution in [0.2, 0.25) is 0 Å². The van der Waals surface area contributed by atoms with Crippen molar-refractivity contribution in [3.63, 3.8) is 0 Å². The van der Waals surface area contributed by atoms with Crippen LogP contribution in [0.5, 0.6) is 0 Å². The molecule has 1 aliphatic rings. The van der Waals surface area contributed by atoms with Gasteiger partial charge in [0, 0.05) is 0 Å². The van der Waals surface area contributed by atoms with Crippen LogP contribution in [-0.4, -0.2) is 25.5 Å². The molecule has 2 aromatic rings. The van der Waals surface area contributed by atoms with Gasteiger partial charge in [0.15, 0.2) is 0 Å². The molecule has 0 aliphatic carbocycles. The normalized spacial score (nSPS) is 15.7. The van der Waals surface area contributed by atoms with Crippen molar-refractivity contribution >= 4 is 37.7 Å². The first kappa shape index (κ1) is 12.4. The van der Waals surface area contributed by atoms with E-state index in [-0.39, 0.29) is 32.8 Å². The third-order valence-electron chi connectivity index (χ3n) is 2.91. The molecule has 96 valence electrons. The number of carbonyl (C=O) groups is 1. The van der Waals surface area contributed by atoms with Crippen molar-refractivity contribution in [3.8, 4) is 0 Å². The molecule has 0 atom stereocenters. The number of hydrogen-bond donors (Lipinski definition) is 2. The van der Waals surface area contributed by atoms with Gasteiger partial charge in [-0.15, -0.1) is 0 Å². The SMILES string of the molecule is O=C1Nc2ccc(F)cc2C1=Cc1cc(CO)c[se]1. The average Bonchev–Trinajstić information content (AvgIpc) is 2.96. The molecule has 0 unspecified atom stereocenters. The van der Waals surface area contributed by atoms with Gasteiger partial charge in [-0.25, -0.2) is 0 Å². The number of aliphatic hydroxyl groups is 1. The predicted octanol–water partition coefficient (Wildman–Crippen LogP) is 1.87. The fraction of sp³-hybridized carbons (Fsp3) is 0.0714. The van der Waals surface area contributed by atoms with Crippen LogP contribution in [0.4, 0.5) is 10.1 Å². The molecule has 1 amide bonds. The van der Waals surface area contributed by atoms with Gasteiger partial charge in [-0.1, -0.05) is 0 Å². The first-order chi connectivity index (χ1) is 9.17. The van der Waals surface area contributed by atoms with Gasteiger partial charge in [0.2, 0.25) is 0 Å². The molecule has 1 aromatic heterocycles. The number of aliphatic hydroxyl groups excluding tert-OH is 1. The summed E-state index contributed by atoms with van der Waals surface area (Å²) >= 11 is 0.113. The molecule has 0 radical (unpaired) electrons. The Morgan fingerprint density at radius 1 is 1.37 bits per heavy atom. The molecule has 2 N–H and O–H groups in total.